The van der Waals surface area contributed by atoms with Gasteiger partial charge < -0.3 is 10.4 Å². The standard InChI is InChI=1S/C14H17N3O2/c1-10-4-3-5-12(13(10)18)14(19)15-8-6-11-7-9-17(2)16-11/h3-5,7,9,18H,6,8H2,1-2H3,(H,15,19). The average molecular weight is 259 g/mol. The average Bonchev–Trinajstić information content (AvgIpc) is 2.78. The predicted octanol–water partition coefficient (Wildman–Crippen LogP) is 1.41. The lowest BCUT2D eigenvalue weighted by Crippen LogP contribution is -2.26. The molecule has 19 heavy (non-hydrogen) atoms. The van der Waals surface area contributed by atoms with Crippen molar-refractivity contribution in [2.45, 2.75) is 13.3 Å². The van der Waals surface area contributed by atoms with Gasteiger partial charge in [-0.3, -0.25) is 9.48 Å². The van der Waals surface area contributed by atoms with Crippen LogP contribution in [0.1, 0.15) is 21.6 Å². The van der Waals surface area contributed by atoms with Gasteiger partial charge in [-0.2, -0.15) is 5.10 Å². The largest absolute Gasteiger partial charge is 0.507 e. The quantitative estimate of drug-likeness (QED) is 0.872. The first-order valence-corrected chi connectivity index (χ1v) is 6.13. The van der Waals surface area contributed by atoms with Gasteiger partial charge in [-0.15, -0.1) is 0 Å². The number of para-hydroxylation sites is 1. The topological polar surface area (TPSA) is 67.2 Å². The van der Waals surface area contributed by atoms with Gasteiger partial charge in [0.05, 0.1) is 11.3 Å². The Labute approximate surface area is 111 Å². The third kappa shape index (κ3) is 3.13. The van der Waals surface area contributed by atoms with Gasteiger partial charge in [0.15, 0.2) is 0 Å². The van der Waals surface area contributed by atoms with Crippen LogP contribution in [0.3, 0.4) is 0 Å². The molecule has 100 valence electrons. The van der Waals surface area contributed by atoms with Crippen LogP contribution in [0.5, 0.6) is 5.75 Å². The number of carbonyl (C=O) groups excluding carboxylic acids is 1. The van der Waals surface area contributed by atoms with Crippen LogP contribution in [0.25, 0.3) is 0 Å². The molecule has 2 rings (SSSR count). The number of aromatic nitrogens is 2. The normalized spacial score (nSPS) is 10.4. The number of phenolic OH excluding ortho intramolecular Hbond substituents is 1. The van der Waals surface area contributed by atoms with E-state index >= 15 is 0 Å². The fourth-order valence-electron chi connectivity index (χ4n) is 1.84. The zero-order valence-electron chi connectivity index (χ0n) is 11.1. The van der Waals surface area contributed by atoms with Crippen molar-refractivity contribution in [2.24, 2.45) is 7.05 Å². The number of amides is 1. The Morgan fingerprint density at radius 1 is 1.42 bits per heavy atom. The second kappa shape index (κ2) is 5.56. The van der Waals surface area contributed by atoms with Gasteiger partial charge in [0.25, 0.3) is 5.91 Å². The molecule has 5 nitrogen and oxygen atoms in total. The van der Waals surface area contributed by atoms with Gasteiger partial charge in [-0.25, -0.2) is 0 Å². The van der Waals surface area contributed by atoms with Gasteiger partial charge in [-0.1, -0.05) is 12.1 Å². The summed E-state index contributed by atoms with van der Waals surface area (Å²) in [4.78, 5) is 11.9. The number of carbonyl (C=O) groups is 1. The summed E-state index contributed by atoms with van der Waals surface area (Å²) in [5.74, 6) is -0.227. The number of nitrogens with one attached hydrogen (secondary N) is 1. The van der Waals surface area contributed by atoms with E-state index in [2.05, 4.69) is 10.4 Å². The zero-order valence-corrected chi connectivity index (χ0v) is 11.1. The third-order valence-corrected chi connectivity index (χ3v) is 2.92. The summed E-state index contributed by atoms with van der Waals surface area (Å²) in [7, 11) is 1.85. The highest BCUT2D eigenvalue weighted by Crippen LogP contribution is 2.20. The number of nitrogens with zero attached hydrogens (tertiary/aromatic N) is 2. The minimum atomic E-state index is -0.267. The summed E-state index contributed by atoms with van der Waals surface area (Å²) in [6.07, 6.45) is 2.53. The number of hydrogen-bond acceptors (Lipinski definition) is 3. The lowest BCUT2D eigenvalue weighted by molar-refractivity contribution is 0.0951. The number of benzene rings is 1. The predicted molar refractivity (Wildman–Crippen MR) is 72.1 cm³/mol. The van der Waals surface area contributed by atoms with E-state index in [-0.39, 0.29) is 11.7 Å². The summed E-state index contributed by atoms with van der Waals surface area (Å²) >= 11 is 0. The minimum absolute atomic E-state index is 0.0397. The van der Waals surface area contributed by atoms with Crippen molar-refractivity contribution in [1.29, 1.82) is 0 Å². The van der Waals surface area contributed by atoms with Crippen molar-refractivity contribution >= 4 is 5.91 Å². The van der Waals surface area contributed by atoms with Crippen LogP contribution in [0.2, 0.25) is 0 Å². The fourth-order valence-corrected chi connectivity index (χ4v) is 1.84. The van der Waals surface area contributed by atoms with Crippen LogP contribution in [0, 0.1) is 6.92 Å². The molecular formula is C14H17N3O2. The molecule has 0 aliphatic heterocycles. The molecule has 2 aromatic rings. The maximum absolute atomic E-state index is 11.9. The van der Waals surface area contributed by atoms with Crippen LogP contribution in [0.15, 0.2) is 30.5 Å². The van der Waals surface area contributed by atoms with E-state index in [0.29, 0.717) is 24.1 Å². The number of aryl methyl sites for hydroxylation is 2. The van der Waals surface area contributed by atoms with Crippen molar-refractivity contribution in [2.75, 3.05) is 6.54 Å². The molecule has 0 spiro atoms. The maximum atomic E-state index is 11.9. The van der Waals surface area contributed by atoms with Gasteiger partial charge in [-0.05, 0) is 24.6 Å². The maximum Gasteiger partial charge on any atom is 0.255 e. The summed E-state index contributed by atoms with van der Waals surface area (Å²) in [5.41, 5.74) is 1.93. The second-order valence-corrected chi connectivity index (χ2v) is 4.46. The molecule has 0 aliphatic rings. The molecule has 0 aliphatic carbocycles. The number of phenols is 1. The molecule has 1 aromatic heterocycles. The SMILES string of the molecule is Cc1cccc(C(=O)NCCc2ccn(C)n2)c1O. The van der Waals surface area contributed by atoms with Crippen LogP contribution in [-0.4, -0.2) is 27.3 Å². The molecular weight excluding hydrogens is 242 g/mol. The van der Waals surface area contributed by atoms with E-state index in [9.17, 15) is 9.90 Å². The Morgan fingerprint density at radius 3 is 2.89 bits per heavy atom. The highest BCUT2D eigenvalue weighted by Gasteiger charge is 2.11. The molecule has 5 heteroatoms. The summed E-state index contributed by atoms with van der Waals surface area (Å²) in [6.45, 7) is 2.25. The third-order valence-electron chi connectivity index (χ3n) is 2.92. The molecule has 0 radical (unpaired) electrons. The van der Waals surface area contributed by atoms with Gasteiger partial charge >= 0.3 is 0 Å². The molecule has 1 heterocycles. The Balaban J connectivity index is 1.93. The van der Waals surface area contributed by atoms with E-state index in [4.69, 9.17) is 0 Å². The first kappa shape index (κ1) is 13.1. The minimum Gasteiger partial charge on any atom is -0.507 e. The van der Waals surface area contributed by atoms with Gasteiger partial charge in [0.2, 0.25) is 0 Å². The van der Waals surface area contributed by atoms with Gasteiger partial charge in [0, 0.05) is 26.2 Å². The van der Waals surface area contributed by atoms with Crippen LogP contribution < -0.4 is 5.32 Å². The van der Waals surface area contributed by atoms with Crippen molar-refractivity contribution in [3.05, 3.63) is 47.3 Å². The molecule has 0 saturated heterocycles. The molecule has 0 unspecified atom stereocenters. The zero-order chi connectivity index (χ0) is 13.8. The first-order valence-electron chi connectivity index (χ1n) is 6.13. The van der Waals surface area contributed by atoms with E-state index in [1.54, 1.807) is 29.8 Å². The van der Waals surface area contributed by atoms with Crippen LogP contribution in [-0.2, 0) is 13.5 Å². The van der Waals surface area contributed by atoms with E-state index in [1.165, 1.54) is 0 Å². The van der Waals surface area contributed by atoms with E-state index < -0.39 is 0 Å². The molecule has 0 bridgehead atoms. The van der Waals surface area contributed by atoms with Crippen molar-refractivity contribution < 1.29 is 9.90 Å². The number of rotatable bonds is 4. The number of aromatic hydroxyl groups is 1. The fraction of sp³-hybridized carbons (Fsp3) is 0.286. The van der Waals surface area contributed by atoms with E-state index in [0.717, 1.165) is 5.69 Å². The lowest BCUT2D eigenvalue weighted by Gasteiger charge is -2.07. The monoisotopic (exact) mass is 259 g/mol. The molecule has 2 N–H and O–H groups in total. The van der Waals surface area contributed by atoms with Gasteiger partial charge in [0.1, 0.15) is 5.75 Å². The second-order valence-electron chi connectivity index (χ2n) is 4.46. The van der Waals surface area contributed by atoms with Crippen molar-refractivity contribution in [3.63, 3.8) is 0 Å². The Bertz CT molecular complexity index is 590. The first-order chi connectivity index (χ1) is 9.08. The van der Waals surface area contributed by atoms with Crippen molar-refractivity contribution in [3.8, 4) is 5.75 Å². The molecule has 0 saturated carbocycles. The molecule has 1 aromatic carbocycles. The summed E-state index contributed by atoms with van der Waals surface area (Å²) in [6, 6.07) is 7.04. The summed E-state index contributed by atoms with van der Waals surface area (Å²) < 4.78 is 1.73. The molecule has 1 amide bonds. The Morgan fingerprint density at radius 2 is 2.21 bits per heavy atom. The molecule has 0 fully saturated rings. The van der Waals surface area contributed by atoms with E-state index in [1.807, 2.05) is 19.3 Å². The van der Waals surface area contributed by atoms with Crippen molar-refractivity contribution in [1.82, 2.24) is 15.1 Å². The smallest absolute Gasteiger partial charge is 0.255 e. The van der Waals surface area contributed by atoms with Crippen LogP contribution >= 0.6 is 0 Å². The Hall–Kier alpha value is -2.30. The molecule has 0 atom stereocenters. The Kier molecular flexibility index (Phi) is 3.85. The highest BCUT2D eigenvalue weighted by molar-refractivity contribution is 5.97. The highest BCUT2D eigenvalue weighted by atomic mass is 16.3. The van der Waals surface area contributed by atoms with Crippen LogP contribution in [0.4, 0.5) is 0 Å². The summed E-state index contributed by atoms with van der Waals surface area (Å²) in [5, 5.41) is 16.8. The lowest BCUT2D eigenvalue weighted by atomic mass is 10.1. The number of hydrogen-bond donors (Lipinski definition) is 2.